The van der Waals surface area contributed by atoms with E-state index in [4.69, 9.17) is 5.73 Å². The van der Waals surface area contributed by atoms with Crippen molar-refractivity contribution in [1.29, 1.82) is 0 Å². The number of amides is 2. The summed E-state index contributed by atoms with van der Waals surface area (Å²) in [5, 5.41) is 3.32. The van der Waals surface area contributed by atoms with Gasteiger partial charge >= 0.3 is 6.03 Å². The second-order valence-corrected chi connectivity index (χ2v) is 6.30. The number of rotatable bonds is 5. The first-order valence-electron chi connectivity index (χ1n) is 7.93. The van der Waals surface area contributed by atoms with E-state index in [-0.39, 0.29) is 6.03 Å². The zero-order chi connectivity index (χ0) is 13.7. The van der Waals surface area contributed by atoms with Crippen molar-refractivity contribution in [3.05, 3.63) is 0 Å². The summed E-state index contributed by atoms with van der Waals surface area (Å²) in [6.45, 7) is 1.86. The van der Waals surface area contributed by atoms with Crippen LogP contribution in [0.2, 0.25) is 0 Å². The SMILES string of the molecule is CNC[C@@H](CC1CCCC1)C1CCCCN1C(N)=O. The Hall–Kier alpha value is -0.770. The molecule has 1 heterocycles. The van der Waals surface area contributed by atoms with Crippen molar-refractivity contribution < 1.29 is 4.79 Å². The van der Waals surface area contributed by atoms with Crippen LogP contribution < -0.4 is 11.1 Å². The predicted molar refractivity (Wildman–Crippen MR) is 77.9 cm³/mol. The second kappa shape index (κ2) is 7.13. The van der Waals surface area contributed by atoms with E-state index in [9.17, 15) is 4.79 Å². The van der Waals surface area contributed by atoms with Crippen molar-refractivity contribution in [2.45, 2.75) is 57.4 Å². The van der Waals surface area contributed by atoms with E-state index in [0.29, 0.717) is 12.0 Å². The second-order valence-electron chi connectivity index (χ2n) is 6.30. The zero-order valence-corrected chi connectivity index (χ0v) is 12.2. The molecule has 1 saturated carbocycles. The van der Waals surface area contributed by atoms with Crippen molar-refractivity contribution in [2.24, 2.45) is 17.6 Å². The number of likely N-dealkylation sites (tertiary alicyclic amines) is 1. The van der Waals surface area contributed by atoms with E-state index in [1.807, 2.05) is 11.9 Å². The van der Waals surface area contributed by atoms with Crippen LogP contribution in [0.5, 0.6) is 0 Å². The molecule has 3 N–H and O–H groups in total. The standard InChI is InChI=1S/C15H29N3O/c1-17-11-13(10-12-6-2-3-7-12)14-8-4-5-9-18(14)15(16)19/h12-14,17H,2-11H2,1H3,(H2,16,19)/t13-,14?/m1/s1. The molecule has 110 valence electrons. The summed E-state index contributed by atoms with van der Waals surface area (Å²) in [4.78, 5) is 13.6. The summed E-state index contributed by atoms with van der Waals surface area (Å²) in [6, 6.07) is 0.136. The van der Waals surface area contributed by atoms with E-state index >= 15 is 0 Å². The van der Waals surface area contributed by atoms with Crippen LogP contribution in [0.15, 0.2) is 0 Å². The van der Waals surface area contributed by atoms with Crippen LogP contribution in [0.4, 0.5) is 4.79 Å². The molecule has 2 atom stereocenters. The lowest BCUT2D eigenvalue weighted by atomic mass is 9.83. The minimum atomic E-state index is -0.225. The van der Waals surface area contributed by atoms with Crippen LogP contribution in [0, 0.1) is 11.8 Å². The Kier molecular flexibility index (Phi) is 5.49. The number of primary amides is 1. The number of nitrogens with two attached hydrogens (primary N) is 1. The molecule has 1 aliphatic carbocycles. The molecule has 0 aromatic rings. The summed E-state index contributed by atoms with van der Waals surface area (Å²) in [6.07, 6.45) is 10.3. The summed E-state index contributed by atoms with van der Waals surface area (Å²) in [5.41, 5.74) is 5.57. The van der Waals surface area contributed by atoms with Crippen LogP contribution in [0.3, 0.4) is 0 Å². The Balaban J connectivity index is 1.99. The monoisotopic (exact) mass is 267 g/mol. The largest absolute Gasteiger partial charge is 0.351 e. The summed E-state index contributed by atoms with van der Waals surface area (Å²) in [5.74, 6) is 1.44. The van der Waals surface area contributed by atoms with Gasteiger partial charge in [-0.1, -0.05) is 25.7 Å². The third kappa shape index (κ3) is 3.85. The van der Waals surface area contributed by atoms with Gasteiger partial charge in [-0.25, -0.2) is 4.79 Å². The molecule has 19 heavy (non-hydrogen) atoms. The number of nitrogens with zero attached hydrogens (tertiary/aromatic N) is 1. The number of nitrogens with one attached hydrogen (secondary N) is 1. The summed E-state index contributed by atoms with van der Waals surface area (Å²) in [7, 11) is 2.01. The molecule has 4 heteroatoms. The van der Waals surface area contributed by atoms with Crippen LogP contribution >= 0.6 is 0 Å². The van der Waals surface area contributed by atoms with Crippen molar-refractivity contribution in [1.82, 2.24) is 10.2 Å². The highest BCUT2D eigenvalue weighted by Crippen LogP contribution is 2.34. The quantitative estimate of drug-likeness (QED) is 0.803. The van der Waals surface area contributed by atoms with Crippen LogP contribution in [0.1, 0.15) is 51.4 Å². The van der Waals surface area contributed by atoms with E-state index in [2.05, 4.69) is 5.32 Å². The zero-order valence-electron chi connectivity index (χ0n) is 12.2. The molecule has 1 aliphatic heterocycles. The fourth-order valence-electron chi connectivity index (χ4n) is 4.03. The van der Waals surface area contributed by atoms with Gasteiger partial charge in [0.2, 0.25) is 0 Å². The normalized spacial score (nSPS) is 26.6. The van der Waals surface area contributed by atoms with Crippen LogP contribution in [0.25, 0.3) is 0 Å². The molecular formula is C15H29N3O. The molecule has 2 aliphatic rings. The van der Waals surface area contributed by atoms with Crippen molar-refractivity contribution in [2.75, 3.05) is 20.1 Å². The number of hydrogen-bond acceptors (Lipinski definition) is 2. The van der Waals surface area contributed by atoms with E-state index in [0.717, 1.165) is 31.8 Å². The van der Waals surface area contributed by atoms with E-state index in [1.54, 1.807) is 0 Å². The molecule has 1 unspecified atom stereocenters. The van der Waals surface area contributed by atoms with Crippen molar-refractivity contribution >= 4 is 6.03 Å². The molecular weight excluding hydrogens is 238 g/mol. The minimum Gasteiger partial charge on any atom is -0.351 e. The highest BCUT2D eigenvalue weighted by atomic mass is 16.2. The fraction of sp³-hybridized carbons (Fsp3) is 0.933. The molecule has 0 aromatic heterocycles. The molecule has 4 nitrogen and oxygen atoms in total. The molecule has 0 bridgehead atoms. The molecule has 1 saturated heterocycles. The van der Waals surface area contributed by atoms with Gasteiger partial charge in [0.25, 0.3) is 0 Å². The van der Waals surface area contributed by atoms with Gasteiger partial charge in [-0.15, -0.1) is 0 Å². The molecule has 2 fully saturated rings. The third-order valence-electron chi connectivity index (χ3n) is 4.95. The highest BCUT2D eigenvalue weighted by molar-refractivity contribution is 5.72. The molecule has 2 rings (SSSR count). The van der Waals surface area contributed by atoms with Crippen LogP contribution in [-0.2, 0) is 0 Å². The minimum absolute atomic E-state index is 0.225. The van der Waals surface area contributed by atoms with Gasteiger partial charge in [0.05, 0.1) is 0 Å². The average molecular weight is 267 g/mol. The van der Waals surface area contributed by atoms with Crippen LogP contribution in [-0.4, -0.2) is 37.1 Å². The Bertz CT molecular complexity index is 289. The maximum Gasteiger partial charge on any atom is 0.315 e. The van der Waals surface area contributed by atoms with Gasteiger partial charge in [0.1, 0.15) is 0 Å². The summed E-state index contributed by atoms with van der Waals surface area (Å²) >= 11 is 0. The molecule has 0 aromatic carbocycles. The molecule has 0 radical (unpaired) electrons. The maximum atomic E-state index is 11.6. The maximum absolute atomic E-state index is 11.6. The average Bonchev–Trinajstić information content (AvgIpc) is 2.91. The smallest absolute Gasteiger partial charge is 0.315 e. The first kappa shape index (κ1) is 14.6. The Morgan fingerprint density at radius 1 is 1.26 bits per heavy atom. The lowest BCUT2D eigenvalue weighted by Gasteiger charge is -2.40. The number of hydrogen-bond donors (Lipinski definition) is 2. The lowest BCUT2D eigenvalue weighted by molar-refractivity contribution is 0.113. The Morgan fingerprint density at radius 3 is 2.58 bits per heavy atom. The van der Waals surface area contributed by atoms with Gasteiger partial charge in [0, 0.05) is 12.6 Å². The topological polar surface area (TPSA) is 58.4 Å². The number of carbonyl (C=O) groups excluding carboxylic acids is 1. The lowest BCUT2D eigenvalue weighted by Crippen LogP contribution is -2.51. The number of piperidine rings is 1. The van der Waals surface area contributed by atoms with E-state index in [1.165, 1.54) is 38.5 Å². The predicted octanol–water partition coefficient (Wildman–Crippen LogP) is 2.34. The Labute approximate surface area is 117 Å². The van der Waals surface area contributed by atoms with Gasteiger partial charge in [-0.3, -0.25) is 0 Å². The fourth-order valence-corrected chi connectivity index (χ4v) is 4.03. The van der Waals surface area contributed by atoms with Gasteiger partial charge in [0.15, 0.2) is 0 Å². The summed E-state index contributed by atoms with van der Waals surface area (Å²) < 4.78 is 0. The van der Waals surface area contributed by atoms with Gasteiger partial charge in [-0.2, -0.15) is 0 Å². The first-order valence-corrected chi connectivity index (χ1v) is 7.93. The first-order chi connectivity index (χ1) is 9.22. The molecule has 2 amide bonds. The highest BCUT2D eigenvalue weighted by Gasteiger charge is 2.33. The van der Waals surface area contributed by atoms with Crippen molar-refractivity contribution in [3.63, 3.8) is 0 Å². The molecule has 0 spiro atoms. The van der Waals surface area contributed by atoms with Gasteiger partial charge < -0.3 is 16.0 Å². The number of urea groups is 1. The third-order valence-corrected chi connectivity index (χ3v) is 4.95. The number of carbonyl (C=O) groups is 1. The van der Waals surface area contributed by atoms with Gasteiger partial charge in [-0.05, 0) is 51.1 Å². The van der Waals surface area contributed by atoms with E-state index < -0.39 is 0 Å². The Morgan fingerprint density at radius 2 is 1.95 bits per heavy atom. The van der Waals surface area contributed by atoms with Crippen molar-refractivity contribution in [3.8, 4) is 0 Å².